The van der Waals surface area contributed by atoms with Gasteiger partial charge in [0.2, 0.25) is 0 Å². The normalized spacial score (nSPS) is 18.5. The SMILES string of the molecule is CO.NCC1CCN(CC=O)CC1.c1ccc(C2CC2)cc1. The predicted molar refractivity (Wildman–Crippen MR) is 90.8 cm³/mol. The highest BCUT2D eigenvalue weighted by Crippen LogP contribution is 2.39. The molecule has 1 aliphatic carbocycles. The average molecular weight is 306 g/mol. The minimum absolute atomic E-state index is 0.595. The first-order valence-electron chi connectivity index (χ1n) is 8.19. The maximum atomic E-state index is 10.2. The minimum atomic E-state index is 0.595. The fourth-order valence-electron chi connectivity index (χ4n) is 2.65. The lowest BCUT2D eigenvalue weighted by Gasteiger charge is -2.29. The second-order valence-corrected chi connectivity index (χ2v) is 5.83. The van der Waals surface area contributed by atoms with Crippen molar-refractivity contribution in [3.05, 3.63) is 35.9 Å². The number of carbonyl (C=O) groups excluding carboxylic acids is 1. The van der Waals surface area contributed by atoms with Crippen LogP contribution in [0.2, 0.25) is 0 Å². The zero-order valence-electron chi connectivity index (χ0n) is 13.7. The fourth-order valence-corrected chi connectivity index (χ4v) is 2.65. The Labute approximate surface area is 134 Å². The highest BCUT2D eigenvalue weighted by molar-refractivity contribution is 5.51. The lowest BCUT2D eigenvalue weighted by molar-refractivity contribution is -0.109. The van der Waals surface area contributed by atoms with E-state index in [0.717, 1.165) is 51.8 Å². The summed E-state index contributed by atoms with van der Waals surface area (Å²) in [5.41, 5.74) is 7.06. The van der Waals surface area contributed by atoms with Crippen LogP contribution in [-0.4, -0.2) is 49.6 Å². The molecule has 0 atom stereocenters. The molecule has 3 rings (SSSR count). The van der Waals surface area contributed by atoms with Gasteiger partial charge in [0.25, 0.3) is 0 Å². The van der Waals surface area contributed by atoms with Gasteiger partial charge in [-0.1, -0.05) is 30.3 Å². The first-order valence-corrected chi connectivity index (χ1v) is 8.19. The molecular weight excluding hydrogens is 276 g/mol. The highest BCUT2D eigenvalue weighted by Gasteiger charge is 2.22. The lowest BCUT2D eigenvalue weighted by atomic mass is 9.97. The van der Waals surface area contributed by atoms with Gasteiger partial charge in [-0.05, 0) is 62.7 Å². The molecule has 1 aromatic rings. The van der Waals surface area contributed by atoms with Gasteiger partial charge in [0, 0.05) is 7.11 Å². The molecule has 0 spiro atoms. The summed E-state index contributed by atoms with van der Waals surface area (Å²) in [5, 5.41) is 7.00. The average Bonchev–Trinajstić information content (AvgIpc) is 3.44. The van der Waals surface area contributed by atoms with E-state index in [1.165, 1.54) is 18.4 Å². The Morgan fingerprint density at radius 3 is 2.18 bits per heavy atom. The molecule has 1 saturated carbocycles. The third-order valence-corrected chi connectivity index (χ3v) is 4.22. The number of likely N-dealkylation sites (tertiary alicyclic amines) is 1. The van der Waals surface area contributed by atoms with E-state index >= 15 is 0 Å². The highest BCUT2D eigenvalue weighted by atomic mass is 16.2. The molecule has 3 N–H and O–H groups in total. The van der Waals surface area contributed by atoms with E-state index in [-0.39, 0.29) is 0 Å². The molecular formula is C18H30N2O2. The van der Waals surface area contributed by atoms with Crippen molar-refractivity contribution in [1.29, 1.82) is 0 Å². The zero-order chi connectivity index (χ0) is 16.2. The number of piperidine rings is 1. The summed E-state index contributed by atoms with van der Waals surface area (Å²) in [4.78, 5) is 12.3. The fraction of sp³-hybridized carbons (Fsp3) is 0.611. The molecule has 2 fully saturated rings. The molecule has 4 heteroatoms. The van der Waals surface area contributed by atoms with Crippen LogP contribution in [0, 0.1) is 5.92 Å². The standard InChI is InChI=1S/C9H10.C8H16N2O.CH4O/c1-2-4-8(5-3-1)9-6-7-9;9-7-8-1-3-10(4-2-8)5-6-11;1-2/h1-5,9H,6-7H2;6,8H,1-5,7,9H2;2H,1H3. The number of nitrogens with zero attached hydrogens (tertiary/aromatic N) is 1. The Kier molecular flexibility index (Phi) is 9.71. The topological polar surface area (TPSA) is 66.6 Å². The lowest BCUT2D eigenvalue weighted by Crippen LogP contribution is -2.36. The Hall–Kier alpha value is -1.23. The van der Waals surface area contributed by atoms with Crippen molar-refractivity contribution >= 4 is 6.29 Å². The van der Waals surface area contributed by atoms with Crippen molar-refractivity contribution in [3.63, 3.8) is 0 Å². The van der Waals surface area contributed by atoms with Crippen LogP contribution in [0.15, 0.2) is 30.3 Å². The molecule has 1 saturated heterocycles. The molecule has 2 aliphatic rings. The van der Waals surface area contributed by atoms with Crippen LogP contribution in [0.5, 0.6) is 0 Å². The number of benzene rings is 1. The van der Waals surface area contributed by atoms with E-state index < -0.39 is 0 Å². The number of aliphatic hydroxyl groups excluding tert-OH is 1. The quantitative estimate of drug-likeness (QED) is 0.835. The van der Waals surface area contributed by atoms with Gasteiger partial charge in [0.1, 0.15) is 6.29 Å². The molecule has 0 unspecified atom stereocenters. The molecule has 1 aromatic carbocycles. The number of hydrogen-bond acceptors (Lipinski definition) is 4. The molecule has 124 valence electrons. The molecule has 0 aromatic heterocycles. The van der Waals surface area contributed by atoms with E-state index in [1.54, 1.807) is 0 Å². The van der Waals surface area contributed by atoms with E-state index in [4.69, 9.17) is 10.8 Å². The molecule has 0 radical (unpaired) electrons. The van der Waals surface area contributed by atoms with Gasteiger partial charge < -0.3 is 15.6 Å². The zero-order valence-corrected chi connectivity index (χ0v) is 13.7. The molecule has 22 heavy (non-hydrogen) atoms. The molecule has 1 heterocycles. The predicted octanol–water partition coefficient (Wildman–Crippen LogP) is 2.03. The summed E-state index contributed by atoms with van der Waals surface area (Å²) in [6, 6.07) is 10.8. The van der Waals surface area contributed by atoms with E-state index in [0.29, 0.717) is 12.5 Å². The van der Waals surface area contributed by atoms with Crippen LogP contribution >= 0.6 is 0 Å². The second kappa shape index (κ2) is 11.4. The summed E-state index contributed by atoms with van der Waals surface area (Å²) in [6.07, 6.45) is 6.10. The smallest absolute Gasteiger partial charge is 0.133 e. The number of aliphatic hydroxyl groups is 1. The summed E-state index contributed by atoms with van der Waals surface area (Å²) >= 11 is 0. The van der Waals surface area contributed by atoms with Crippen molar-refractivity contribution in [2.45, 2.75) is 31.6 Å². The maximum Gasteiger partial charge on any atom is 0.133 e. The van der Waals surface area contributed by atoms with Gasteiger partial charge in [-0.25, -0.2) is 0 Å². The van der Waals surface area contributed by atoms with Crippen molar-refractivity contribution in [1.82, 2.24) is 4.90 Å². The largest absolute Gasteiger partial charge is 0.400 e. The van der Waals surface area contributed by atoms with Crippen LogP contribution < -0.4 is 5.73 Å². The Morgan fingerprint density at radius 2 is 1.73 bits per heavy atom. The number of carbonyl (C=O) groups is 1. The summed E-state index contributed by atoms with van der Waals surface area (Å²) in [5.74, 6) is 1.60. The van der Waals surface area contributed by atoms with E-state index in [9.17, 15) is 4.79 Å². The summed E-state index contributed by atoms with van der Waals surface area (Å²) in [6.45, 7) is 3.48. The van der Waals surface area contributed by atoms with Gasteiger partial charge in [-0.2, -0.15) is 0 Å². The Morgan fingerprint density at radius 1 is 1.14 bits per heavy atom. The Bertz CT molecular complexity index is 385. The first kappa shape index (κ1) is 18.8. The summed E-state index contributed by atoms with van der Waals surface area (Å²) < 4.78 is 0. The number of aldehydes is 1. The van der Waals surface area contributed by atoms with Crippen molar-refractivity contribution in [3.8, 4) is 0 Å². The molecule has 0 amide bonds. The van der Waals surface area contributed by atoms with Gasteiger partial charge in [-0.15, -0.1) is 0 Å². The number of rotatable bonds is 4. The third kappa shape index (κ3) is 7.16. The van der Waals surface area contributed by atoms with Gasteiger partial charge in [-0.3, -0.25) is 4.90 Å². The minimum Gasteiger partial charge on any atom is -0.400 e. The summed E-state index contributed by atoms with van der Waals surface area (Å²) in [7, 11) is 1.00. The van der Waals surface area contributed by atoms with Gasteiger partial charge in [0.05, 0.1) is 6.54 Å². The van der Waals surface area contributed by atoms with Crippen molar-refractivity contribution < 1.29 is 9.90 Å². The van der Waals surface area contributed by atoms with Crippen LogP contribution in [0.25, 0.3) is 0 Å². The van der Waals surface area contributed by atoms with Crippen LogP contribution in [0.4, 0.5) is 0 Å². The third-order valence-electron chi connectivity index (χ3n) is 4.22. The van der Waals surface area contributed by atoms with Crippen LogP contribution in [0.3, 0.4) is 0 Å². The maximum absolute atomic E-state index is 10.2. The van der Waals surface area contributed by atoms with Crippen molar-refractivity contribution in [2.24, 2.45) is 11.7 Å². The second-order valence-electron chi connectivity index (χ2n) is 5.83. The number of hydrogen-bond donors (Lipinski definition) is 2. The molecule has 1 aliphatic heterocycles. The van der Waals surface area contributed by atoms with Gasteiger partial charge >= 0.3 is 0 Å². The van der Waals surface area contributed by atoms with Crippen LogP contribution in [0.1, 0.15) is 37.2 Å². The number of nitrogens with two attached hydrogens (primary N) is 1. The first-order chi connectivity index (χ1) is 10.8. The van der Waals surface area contributed by atoms with Crippen molar-refractivity contribution in [2.75, 3.05) is 33.3 Å². The molecule has 4 nitrogen and oxygen atoms in total. The van der Waals surface area contributed by atoms with E-state index in [2.05, 4.69) is 35.2 Å². The Balaban J connectivity index is 0.000000200. The van der Waals surface area contributed by atoms with E-state index in [1.807, 2.05) is 0 Å². The molecule has 0 bridgehead atoms. The van der Waals surface area contributed by atoms with Gasteiger partial charge in [0.15, 0.2) is 0 Å². The van der Waals surface area contributed by atoms with Crippen LogP contribution in [-0.2, 0) is 4.79 Å². The monoisotopic (exact) mass is 306 g/mol.